The van der Waals surface area contributed by atoms with Gasteiger partial charge in [-0.2, -0.15) is 5.10 Å². The van der Waals surface area contributed by atoms with E-state index < -0.39 is 5.97 Å². The molecule has 0 spiro atoms. The van der Waals surface area contributed by atoms with Crippen molar-refractivity contribution in [3.05, 3.63) is 64.1 Å². The Morgan fingerprint density at radius 1 is 1.07 bits per heavy atom. The number of halogens is 1. The quantitative estimate of drug-likeness (QED) is 0.221. The van der Waals surface area contributed by atoms with E-state index in [1.165, 1.54) is 19.3 Å². The van der Waals surface area contributed by atoms with Crippen LogP contribution in [0, 0.1) is 0 Å². The Hall–Kier alpha value is -2.25. The predicted octanol–water partition coefficient (Wildman–Crippen LogP) is 4.80. The van der Waals surface area contributed by atoms with Gasteiger partial charge >= 0.3 is 5.97 Å². The van der Waals surface area contributed by atoms with Gasteiger partial charge < -0.3 is 10.1 Å². The van der Waals surface area contributed by atoms with Crippen molar-refractivity contribution in [2.24, 2.45) is 5.10 Å². The van der Waals surface area contributed by atoms with Gasteiger partial charge in [-0.3, -0.25) is 5.43 Å². The topological polar surface area (TPSA) is 62.7 Å². The number of nitrogens with one attached hydrogen (secondary N) is 2. The van der Waals surface area contributed by atoms with Crippen LogP contribution in [0.25, 0.3) is 0 Å². The molecular weight excluding hydrogens is 438 g/mol. The van der Waals surface area contributed by atoms with Gasteiger partial charge in [-0.05, 0) is 79.2 Å². The molecule has 0 radical (unpaired) electrons. The first-order valence-electron chi connectivity index (χ1n) is 9.27. The lowest BCUT2D eigenvalue weighted by molar-refractivity contribution is 0.0734. The minimum Gasteiger partial charge on any atom is -0.423 e. The van der Waals surface area contributed by atoms with Crippen LogP contribution in [0.2, 0.25) is 0 Å². The van der Waals surface area contributed by atoms with Crippen molar-refractivity contribution in [2.75, 3.05) is 0 Å². The zero-order valence-electron chi connectivity index (χ0n) is 15.4. The van der Waals surface area contributed by atoms with Crippen molar-refractivity contribution in [1.82, 2.24) is 10.7 Å². The molecule has 2 aromatic carbocycles. The number of ether oxygens (including phenoxy) is 1. The first-order valence-corrected chi connectivity index (χ1v) is 10.5. The van der Waals surface area contributed by atoms with E-state index >= 15 is 0 Å². The molecule has 1 aliphatic carbocycles. The SMILES string of the molecule is O=C(Oc1ccc(C=NNC(=S)NC2CCCCC2)cc1)c1ccc(Br)cc1. The van der Waals surface area contributed by atoms with Crippen LogP contribution in [0.3, 0.4) is 0 Å². The number of hydrogen-bond donors (Lipinski definition) is 2. The smallest absolute Gasteiger partial charge is 0.343 e. The Kier molecular flexibility index (Phi) is 7.56. The van der Waals surface area contributed by atoms with E-state index in [1.807, 2.05) is 12.1 Å². The molecule has 0 aliphatic heterocycles. The molecule has 28 heavy (non-hydrogen) atoms. The molecule has 0 heterocycles. The summed E-state index contributed by atoms with van der Waals surface area (Å²) in [5.41, 5.74) is 4.22. The fraction of sp³-hybridized carbons (Fsp3) is 0.286. The van der Waals surface area contributed by atoms with Crippen LogP contribution >= 0.6 is 28.1 Å². The van der Waals surface area contributed by atoms with Crippen LogP contribution in [0.5, 0.6) is 5.75 Å². The number of benzene rings is 2. The maximum absolute atomic E-state index is 12.1. The minimum absolute atomic E-state index is 0.394. The second kappa shape index (κ2) is 10.3. The minimum atomic E-state index is -0.394. The molecule has 146 valence electrons. The lowest BCUT2D eigenvalue weighted by Crippen LogP contribution is -2.40. The molecule has 0 amide bonds. The number of nitrogens with zero attached hydrogens (tertiary/aromatic N) is 1. The molecule has 0 unspecified atom stereocenters. The summed E-state index contributed by atoms with van der Waals surface area (Å²) in [5, 5.41) is 8.01. The van der Waals surface area contributed by atoms with Gasteiger partial charge in [-0.1, -0.05) is 35.2 Å². The van der Waals surface area contributed by atoms with E-state index in [-0.39, 0.29) is 0 Å². The Labute approximate surface area is 178 Å². The highest BCUT2D eigenvalue weighted by atomic mass is 79.9. The number of carbonyl (C=O) groups excluding carboxylic acids is 1. The second-order valence-electron chi connectivity index (χ2n) is 6.64. The lowest BCUT2D eigenvalue weighted by atomic mass is 9.96. The van der Waals surface area contributed by atoms with Crippen LogP contribution in [-0.4, -0.2) is 23.3 Å². The lowest BCUT2D eigenvalue weighted by Gasteiger charge is -2.23. The Bertz CT molecular complexity index is 832. The number of esters is 1. The van der Waals surface area contributed by atoms with Crippen molar-refractivity contribution in [2.45, 2.75) is 38.1 Å². The van der Waals surface area contributed by atoms with Crippen LogP contribution in [-0.2, 0) is 0 Å². The molecule has 2 N–H and O–H groups in total. The monoisotopic (exact) mass is 459 g/mol. The second-order valence-corrected chi connectivity index (χ2v) is 7.97. The molecule has 1 saturated carbocycles. The molecule has 0 aromatic heterocycles. The summed E-state index contributed by atoms with van der Waals surface area (Å²) in [4.78, 5) is 12.1. The number of hydrogen-bond acceptors (Lipinski definition) is 4. The first kappa shape index (κ1) is 20.5. The molecular formula is C21H22BrN3O2S. The fourth-order valence-corrected chi connectivity index (χ4v) is 3.49. The molecule has 5 nitrogen and oxygen atoms in total. The van der Waals surface area contributed by atoms with Gasteiger partial charge in [0, 0.05) is 10.5 Å². The van der Waals surface area contributed by atoms with E-state index in [4.69, 9.17) is 17.0 Å². The van der Waals surface area contributed by atoms with Crippen LogP contribution in [0.15, 0.2) is 58.1 Å². The average molecular weight is 460 g/mol. The van der Waals surface area contributed by atoms with Gasteiger partial charge in [0.15, 0.2) is 5.11 Å². The van der Waals surface area contributed by atoms with Gasteiger partial charge in [-0.15, -0.1) is 0 Å². The van der Waals surface area contributed by atoms with Crippen LogP contribution in [0.4, 0.5) is 0 Å². The van der Waals surface area contributed by atoms with Gasteiger partial charge in [0.1, 0.15) is 5.75 Å². The van der Waals surface area contributed by atoms with Crippen LogP contribution in [0.1, 0.15) is 48.0 Å². The summed E-state index contributed by atoms with van der Waals surface area (Å²) in [5.74, 6) is 0.0854. The maximum atomic E-state index is 12.1. The average Bonchev–Trinajstić information content (AvgIpc) is 2.70. The summed E-state index contributed by atoms with van der Waals surface area (Å²) >= 11 is 8.62. The molecule has 3 rings (SSSR count). The highest BCUT2D eigenvalue weighted by Gasteiger charge is 2.13. The molecule has 0 bridgehead atoms. The third kappa shape index (κ3) is 6.42. The third-order valence-corrected chi connectivity index (χ3v) is 5.23. The Morgan fingerprint density at radius 2 is 1.75 bits per heavy atom. The number of thiocarbonyl (C=S) groups is 1. The molecule has 2 aromatic rings. The van der Waals surface area contributed by atoms with Crippen molar-refractivity contribution in [3.8, 4) is 5.75 Å². The molecule has 0 atom stereocenters. The summed E-state index contributed by atoms with van der Waals surface area (Å²) in [6.07, 6.45) is 7.81. The number of rotatable bonds is 5. The van der Waals surface area contributed by atoms with E-state index in [0.29, 0.717) is 22.5 Å². The van der Waals surface area contributed by atoms with Gasteiger partial charge in [0.05, 0.1) is 11.8 Å². The molecule has 0 saturated heterocycles. The van der Waals surface area contributed by atoms with Crippen molar-refractivity contribution < 1.29 is 9.53 Å². The van der Waals surface area contributed by atoms with Crippen molar-refractivity contribution in [3.63, 3.8) is 0 Å². The summed E-state index contributed by atoms with van der Waals surface area (Å²) < 4.78 is 6.29. The molecule has 1 aliphatic rings. The fourth-order valence-electron chi connectivity index (χ4n) is 3.00. The van der Waals surface area contributed by atoms with Gasteiger partial charge in [0.2, 0.25) is 0 Å². The summed E-state index contributed by atoms with van der Waals surface area (Å²) in [7, 11) is 0. The predicted molar refractivity (Wildman–Crippen MR) is 119 cm³/mol. The van der Waals surface area contributed by atoms with E-state index in [0.717, 1.165) is 22.9 Å². The highest BCUT2D eigenvalue weighted by molar-refractivity contribution is 9.10. The number of hydrazone groups is 1. The summed E-state index contributed by atoms with van der Waals surface area (Å²) in [6, 6.07) is 14.6. The van der Waals surface area contributed by atoms with Gasteiger partial charge in [-0.25, -0.2) is 4.79 Å². The third-order valence-electron chi connectivity index (χ3n) is 4.49. The molecule has 7 heteroatoms. The van der Waals surface area contributed by atoms with Crippen molar-refractivity contribution >= 4 is 45.4 Å². The van der Waals surface area contributed by atoms with Crippen molar-refractivity contribution in [1.29, 1.82) is 0 Å². The zero-order chi connectivity index (χ0) is 19.8. The van der Waals surface area contributed by atoms with E-state index in [9.17, 15) is 4.79 Å². The molecule has 1 fully saturated rings. The zero-order valence-corrected chi connectivity index (χ0v) is 17.8. The normalized spacial score (nSPS) is 14.6. The standard InChI is InChI=1S/C21H22BrN3O2S/c22-17-10-8-16(9-11-17)20(26)27-19-12-6-15(7-13-19)14-23-25-21(28)24-18-4-2-1-3-5-18/h6-14,18H,1-5H2,(H2,24,25,28). The summed E-state index contributed by atoms with van der Waals surface area (Å²) in [6.45, 7) is 0. The van der Waals surface area contributed by atoms with Gasteiger partial charge in [0.25, 0.3) is 0 Å². The van der Waals surface area contributed by atoms with E-state index in [2.05, 4.69) is 31.8 Å². The largest absolute Gasteiger partial charge is 0.423 e. The Balaban J connectivity index is 1.47. The number of carbonyl (C=O) groups is 1. The first-order chi connectivity index (χ1) is 13.6. The maximum Gasteiger partial charge on any atom is 0.343 e. The Morgan fingerprint density at radius 3 is 2.43 bits per heavy atom. The highest BCUT2D eigenvalue weighted by Crippen LogP contribution is 2.17. The van der Waals surface area contributed by atoms with Crippen LogP contribution < -0.4 is 15.5 Å². The van der Waals surface area contributed by atoms with E-state index in [1.54, 1.807) is 42.6 Å².